The topological polar surface area (TPSA) is 96.7 Å². The highest BCUT2D eigenvalue weighted by Crippen LogP contribution is 2.13. The minimum atomic E-state index is -0.500. The van der Waals surface area contributed by atoms with Gasteiger partial charge in [0.15, 0.2) is 5.96 Å². The Morgan fingerprint density at radius 2 is 2.21 bits per heavy atom. The van der Waals surface area contributed by atoms with Crippen LogP contribution in [0.25, 0.3) is 5.82 Å². The number of hydrogen-bond acceptors (Lipinski definition) is 5. The van der Waals surface area contributed by atoms with Crippen molar-refractivity contribution in [2.24, 2.45) is 4.99 Å². The molecule has 0 saturated carbocycles. The van der Waals surface area contributed by atoms with Crippen molar-refractivity contribution in [2.45, 2.75) is 45.4 Å². The summed E-state index contributed by atoms with van der Waals surface area (Å²) < 4.78 is 7.21. The number of rotatable bonds is 4. The number of guanidine groups is 1. The molecule has 2 aromatic heterocycles. The highest BCUT2D eigenvalue weighted by atomic mass is 16.6. The van der Waals surface area contributed by atoms with Crippen molar-refractivity contribution in [1.82, 2.24) is 30.1 Å². The molecule has 29 heavy (non-hydrogen) atoms. The van der Waals surface area contributed by atoms with Gasteiger partial charge >= 0.3 is 6.09 Å². The van der Waals surface area contributed by atoms with Crippen LogP contribution in [0.2, 0.25) is 0 Å². The normalized spacial score (nSPS) is 17.3. The molecule has 1 saturated heterocycles. The van der Waals surface area contributed by atoms with Gasteiger partial charge in [0.25, 0.3) is 0 Å². The number of carbonyl (C=O) groups excluding carboxylic acids is 1. The minimum Gasteiger partial charge on any atom is -0.444 e. The summed E-state index contributed by atoms with van der Waals surface area (Å²) in [6.45, 7) is 7.70. The third-order valence-corrected chi connectivity index (χ3v) is 4.45. The Balaban J connectivity index is 1.52. The van der Waals surface area contributed by atoms with E-state index in [2.05, 4.69) is 30.5 Å². The Kier molecular flexibility index (Phi) is 6.36. The van der Waals surface area contributed by atoms with Gasteiger partial charge in [-0.15, -0.1) is 0 Å². The maximum atomic E-state index is 12.0. The maximum absolute atomic E-state index is 12.0. The molecule has 1 aliphatic rings. The predicted octanol–water partition coefficient (Wildman–Crippen LogP) is 1.94. The fourth-order valence-electron chi connectivity index (χ4n) is 3.16. The predicted molar refractivity (Wildman–Crippen MR) is 111 cm³/mol. The number of nitrogens with zero attached hydrogens (tertiary/aromatic N) is 5. The van der Waals surface area contributed by atoms with Crippen LogP contribution in [-0.4, -0.2) is 63.3 Å². The average Bonchev–Trinajstić information content (AvgIpc) is 3.33. The molecule has 0 radical (unpaired) electrons. The molecule has 2 N–H and O–H groups in total. The highest BCUT2D eigenvalue weighted by molar-refractivity contribution is 5.80. The smallest absolute Gasteiger partial charge is 0.407 e. The zero-order valence-corrected chi connectivity index (χ0v) is 17.4. The van der Waals surface area contributed by atoms with Crippen LogP contribution >= 0.6 is 0 Å². The Bertz CT molecular complexity index is 843. The first kappa shape index (κ1) is 20.6. The van der Waals surface area contributed by atoms with Crippen molar-refractivity contribution >= 4 is 12.1 Å². The molecule has 1 aliphatic heterocycles. The molecule has 9 nitrogen and oxygen atoms in total. The summed E-state index contributed by atoms with van der Waals surface area (Å²) >= 11 is 0. The Morgan fingerprint density at radius 3 is 2.90 bits per heavy atom. The van der Waals surface area contributed by atoms with Gasteiger partial charge < -0.3 is 20.3 Å². The second-order valence-corrected chi connectivity index (χ2v) is 7.97. The van der Waals surface area contributed by atoms with Crippen LogP contribution in [0.5, 0.6) is 0 Å². The lowest BCUT2D eigenvalue weighted by molar-refractivity contribution is 0.0507. The van der Waals surface area contributed by atoms with Gasteiger partial charge in [-0.2, -0.15) is 0 Å². The van der Waals surface area contributed by atoms with Crippen molar-refractivity contribution in [3.8, 4) is 5.82 Å². The monoisotopic (exact) mass is 399 g/mol. The summed E-state index contributed by atoms with van der Waals surface area (Å²) in [4.78, 5) is 26.9. The first-order valence-electron chi connectivity index (χ1n) is 9.72. The van der Waals surface area contributed by atoms with E-state index in [-0.39, 0.29) is 12.1 Å². The molecule has 3 rings (SSSR count). The highest BCUT2D eigenvalue weighted by Gasteiger charge is 2.27. The van der Waals surface area contributed by atoms with Crippen LogP contribution in [0.3, 0.4) is 0 Å². The molecule has 1 unspecified atom stereocenters. The number of pyridine rings is 1. The lowest BCUT2D eigenvalue weighted by Crippen LogP contribution is -2.44. The van der Waals surface area contributed by atoms with Gasteiger partial charge in [0, 0.05) is 45.3 Å². The maximum Gasteiger partial charge on any atom is 0.407 e. The zero-order chi connectivity index (χ0) is 20.9. The van der Waals surface area contributed by atoms with Gasteiger partial charge in [-0.25, -0.2) is 14.8 Å². The quantitative estimate of drug-likeness (QED) is 0.602. The Morgan fingerprint density at radius 1 is 1.38 bits per heavy atom. The second-order valence-electron chi connectivity index (χ2n) is 7.97. The molecule has 156 valence electrons. The molecule has 0 spiro atoms. The molecule has 0 aromatic carbocycles. The van der Waals surface area contributed by atoms with E-state index in [1.54, 1.807) is 25.8 Å². The number of ether oxygens (including phenoxy) is 1. The number of aliphatic imine (C=N–C) groups is 1. The van der Waals surface area contributed by atoms with Crippen LogP contribution in [-0.2, 0) is 11.3 Å². The van der Waals surface area contributed by atoms with Gasteiger partial charge in [-0.3, -0.25) is 9.56 Å². The number of aromatic nitrogens is 3. The fourth-order valence-corrected chi connectivity index (χ4v) is 3.16. The van der Waals surface area contributed by atoms with E-state index in [9.17, 15) is 4.79 Å². The van der Waals surface area contributed by atoms with Gasteiger partial charge in [-0.05, 0) is 44.9 Å². The first-order chi connectivity index (χ1) is 13.8. The van der Waals surface area contributed by atoms with E-state index in [4.69, 9.17) is 4.74 Å². The third kappa shape index (κ3) is 5.94. The van der Waals surface area contributed by atoms with Gasteiger partial charge in [0.2, 0.25) is 0 Å². The van der Waals surface area contributed by atoms with E-state index in [1.165, 1.54) is 0 Å². The van der Waals surface area contributed by atoms with E-state index in [0.29, 0.717) is 13.1 Å². The summed E-state index contributed by atoms with van der Waals surface area (Å²) in [6, 6.07) is 4.02. The lowest BCUT2D eigenvalue weighted by Gasteiger charge is -2.23. The van der Waals surface area contributed by atoms with Crippen LogP contribution < -0.4 is 10.6 Å². The van der Waals surface area contributed by atoms with Gasteiger partial charge in [0.1, 0.15) is 17.7 Å². The number of carbonyl (C=O) groups is 1. The fraction of sp³-hybridized carbons (Fsp3) is 0.500. The van der Waals surface area contributed by atoms with Crippen LogP contribution in [0, 0.1) is 0 Å². The molecule has 0 aliphatic carbocycles. The number of likely N-dealkylation sites (tertiary alicyclic amines) is 1. The molecular formula is C20H29N7O2. The number of alkyl carbamates (subject to hydrolysis) is 1. The van der Waals surface area contributed by atoms with Gasteiger partial charge in [-0.1, -0.05) is 0 Å². The second kappa shape index (κ2) is 8.93. The number of nitrogens with one attached hydrogen (secondary N) is 2. The standard InChI is InChI=1S/C20H29N7O2/c1-20(2,3)29-19(28)25-16-6-9-26(13-16)18(21-4)24-12-15-5-7-23-17(11-15)27-10-8-22-14-27/h5,7-8,10-11,14,16H,6,9,12-13H2,1-4H3,(H,21,24)(H,25,28). The van der Waals surface area contributed by atoms with Crippen molar-refractivity contribution < 1.29 is 9.53 Å². The lowest BCUT2D eigenvalue weighted by atomic mass is 10.2. The molecule has 0 bridgehead atoms. The van der Waals surface area contributed by atoms with E-state index in [1.807, 2.05) is 43.7 Å². The molecule has 1 atom stereocenters. The van der Waals surface area contributed by atoms with E-state index in [0.717, 1.165) is 30.3 Å². The van der Waals surface area contributed by atoms with Crippen LogP contribution in [0.15, 0.2) is 42.0 Å². The third-order valence-electron chi connectivity index (χ3n) is 4.45. The molecule has 2 aromatic rings. The first-order valence-corrected chi connectivity index (χ1v) is 9.72. The molecule has 9 heteroatoms. The van der Waals surface area contributed by atoms with Gasteiger partial charge in [0.05, 0.1) is 6.04 Å². The summed E-state index contributed by atoms with van der Waals surface area (Å²) in [5.41, 5.74) is 0.590. The number of imidazole rings is 1. The van der Waals surface area contributed by atoms with Crippen LogP contribution in [0.4, 0.5) is 4.79 Å². The van der Waals surface area contributed by atoms with Crippen molar-refractivity contribution in [1.29, 1.82) is 0 Å². The van der Waals surface area contributed by atoms with Crippen molar-refractivity contribution in [2.75, 3.05) is 20.1 Å². The van der Waals surface area contributed by atoms with Crippen molar-refractivity contribution in [3.05, 3.63) is 42.6 Å². The zero-order valence-electron chi connectivity index (χ0n) is 17.4. The Hall–Kier alpha value is -3.10. The minimum absolute atomic E-state index is 0.0390. The Labute approximate surface area is 171 Å². The van der Waals surface area contributed by atoms with Crippen molar-refractivity contribution in [3.63, 3.8) is 0 Å². The summed E-state index contributed by atoms with van der Waals surface area (Å²) in [7, 11) is 1.76. The average molecular weight is 399 g/mol. The van der Waals surface area contributed by atoms with E-state index >= 15 is 0 Å². The summed E-state index contributed by atoms with van der Waals surface area (Å²) in [5.74, 6) is 1.62. The SMILES string of the molecule is CN=C(NCc1ccnc(-n2ccnc2)c1)N1CCC(NC(=O)OC(C)(C)C)C1. The largest absolute Gasteiger partial charge is 0.444 e. The summed E-state index contributed by atoms with van der Waals surface area (Å²) in [6.07, 6.45) is 7.56. The molecule has 3 heterocycles. The molecule has 1 amide bonds. The molecular weight excluding hydrogens is 370 g/mol. The summed E-state index contributed by atoms with van der Waals surface area (Å²) in [5, 5.41) is 6.33. The number of hydrogen-bond donors (Lipinski definition) is 2. The molecule has 1 fully saturated rings. The number of amides is 1. The van der Waals surface area contributed by atoms with Crippen LogP contribution in [0.1, 0.15) is 32.8 Å². The van der Waals surface area contributed by atoms with E-state index < -0.39 is 5.60 Å².